The van der Waals surface area contributed by atoms with E-state index in [-0.39, 0.29) is 16.6 Å². The van der Waals surface area contributed by atoms with E-state index < -0.39 is 22.7 Å². The summed E-state index contributed by atoms with van der Waals surface area (Å²) in [7, 11) is 0. The Balaban J connectivity index is 3.17. The highest BCUT2D eigenvalue weighted by molar-refractivity contribution is 9.09. The Bertz CT molecular complexity index is 446. The van der Waals surface area contributed by atoms with Gasteiger partial charge in [-0.2, -0.15) is 0 Å². The lowest BCUT2D eigenvalue weighted by molar-refractivity contribution is -0.385. The molecular weight excluding hydrogens is 284 g/mol. The molecule has 8 heteroatoms. The summed E-state index contributed by atoms with van der Waals surface area (Å²) < 4.78 is 0. The molecule has 7 nitrogen and oxygen atoms in total. The monoisotopic (exact) mass is 292 g/mol. The Labute approximate surface area is 98.0 Å². The smallest absolute Gasteiger partial charge is 0.285 e. The summed E-state index contributed by atoms with van der Waals surface area (Å²) in [4.78, 5) is 23.2. The van der Waals surface area contributed by atoms with E-state index in [1.54, 1.807) is 0 Å². The summed E-state index contributed by atoms with van der Waals surface area (Å²) in [5, 5.41) is 29.4. The molecule has 0 aliphatic heterocycles. The zero-order valence-corrected chi connectivity index (χ0v) is 9.55. The Morgan fingerprint density at radius 2 is 2.19 bits per heavy atom. The van der Waals surface area contributed by atoms with Crippen molar-refractivity contribution in [3.05, 3.63) is 38.3 Å². The standard InChI is InChI=1S/C8H9BrN2O5/c9-2-6(12)7(13)5-1-4(11(15)16)3-10-8(5)14/h1,3,6-7,12-13H,2H2,(H,10,14). The van der Waals surface area contributed by atoms with Gasteiger partial charge in [0.2, 0.25) is 0 Å². The molecule has 0 radical (unpaired) electrons. The third-order valence-corrected chi connectivity index (χ3v) is 2.63. The molecule has 16 heavy (non-hydrogen) atoms. The molecule has 0 aromatic carbocycles. The maximum absolute atomic E-state index is 11.3. The van der Waals surface area contributed by atoms with Crippen molar-refractivity contribution in [1.82, 2.24) is 4.98 Å². The summed E-state index contributed by atoms with van der Waals surface area (Å²) >= 11 is 2.93. The van der Waals surface area contributed by atoms with Crippen molar-refractivity contribution in [2.75, 3.05) is 5.33 Å². The van der Waals surface area contributed by atoms with Crippen LogP contribution in [0.25, 0.3) is 0 Å². The first-order valence-corrected chi connectivity index (χ1v) is 5.38. The quantitative estimate of drug-likeness (QED) is 0.412. The molecule has 0 fully saturated rings. The number of alkyl halides is 1. The van der Waals surface area contributed by atoms with E-state index in [2.05, 4.69) is 20.9 Å². The molecule has 1 aromatic heterocycles. The average molecular weight is 293 g/mol. The SMILES string of the molecule is O=c1[nH]cc([N+](=O)[O-])cc1C(O)C(O)CBr. The van der Waals surface area contributed by atoms with Gasteiger partial charge in [0.05, 0.1) is 22.8 Å². The van der Waals surface area contributed by atoms with Gasteiger partial charge in [-0.1, -0.05) is 15.9 Å². The second-order valence-corrected chi connectivity index (χ2v) is 3.71. The molecule has 0 bridgehead atoms. The summed E-state index contributed by atoms with van der Waals surface area (Å²) in [6.45, 7) is 0. The molecule has 2 unspecified atom stereocenters. The normalized spacial score (nSPS) is 14.4. The lowest BCUT2D eigenvalue weighted by Crippen LogP contribution is -2.26. The van der Waals surface area contributed by atoms with Crippen LogP contribution in [-0.2, 0) is 0 Å². The molecule has 0 aliphatic rings. The zero-order valence-electron chi connectivity index (χ0n) is 7.96. The minimum absolute atomic E-state index is 0.0519. The van der Waals surface area contributed by atoms with Crippen LogP contribution in [0.1, 0.15) is 11.7 Å². The maximum atomic E-state index is 11.3. The van der Waals surface area contributed by atoms with E-state index in [4.69, 9.17) is 0 Å². The van der Waals surface area contributed by atoms with Gasteiger partial charge in [-0.15, -0.1) is 0 Å². The Morgan fingerprint density at radius 1 is 1.56 bits per heavy atom. The van der Waals surface area contributed by atoms with E-state index >= 15 is 0 Å². The van der Waals surface area contributed by atoms with Gasteiger partial charge in [0.15, 0.2) is 0 Å². The number of nitro groups is 1. The molecule has 1 aromatic rings. The minimum atomic E-state index is -1.47. The largest absolute Gasteiger partial charge is 0.389 e. The van der Waals surface area contributed by atoms with Crippen LogP contribution in [0.5, 0.6) is 0 Å². The van der Waals surface area contributed by atoms with Gasteiger partial charge in [-0.25, -0.2) is 0 Å². The first-order chi connectivity index (χ1) is 7.47. The van der Waals surface area contributed by atoms with Gasteiger partial charge >= 0.3 is 0 Å². The van der Waals surface area contributed by atoms with Crippen molar-refractivity contribution in [2.45, 2.75) is 12.2 Å². The van der Waals surface area contributed by atoms with Crippen molar-refractivity contribution < 1.29 is 15.1 Å². The predicted molar refractivity (Wildman–Crippen MR) is 58.5 cm³/mol. The summed E-state index contributed by atoms with van der Waals surface area (Å²) in [6, 6.07) is 0.940. The van der Waals surface area contributed by atoms with Crippen LogP contribution >= 0.6 is 15.9 Å². The Kier molecular flexibility index (Phi) is 4.16. The minimum Gasteiger partial charge on any atom is -0.389 e. The van der Waals surface area contributed by atoms with Crippen molar-refractivity contribution in [1.29, 1.82) is 0 Å². The highest BCUT2D eigenvalue weighted by atomic mass is 79.9. The molecule has 0 amide bonds. The van der Waals surface area contributed by atoms with Crippen LogP contribution in [0.3, 0.4) is 0 Å². The molecule has 0 aliphatic carbocycles. The van der Waals surface area contributed by atoms with Crippen LogP contribution in [0.15, 0.2) is 17.1 Å². The fraction of sp³-hybridized carbons (Fsp3) is 0.375. The second-order valence-electron chi connectivity index (χ2n) is 3.07. The lowest BCUT2D eigenvalue weighted by atomic mass is 10.1. The summed E-state index contributed by atoms with van der Waals surface area (Å²) in [5.41, 5.74) is -1.25. The van der Waals surface area contributed by atoms with Crippen LogP contribution in [0.2, 0.25) is 0 Å². The van der Waals surface area contributed by atoms with Crippen LogP contribution in [0.4, 0.5) is 5.69 Å². The lowest BCUT2D eigenvalue weighted by Gasteiger charge is -2.14. The summed E-state index contributed by atoms with van der Waals surface area (Å²) in [6.07, 6.45) is -1.75. The van der Waals surface area contributed by atoms with Crippen molar-refractivity contribution in [3.8, 4) is 0 Å². The highest BCUT2D eigenvalue weighted by Gasteiger charge is 2.22. The Morgan fingerprint density at radius 3 is 2.69 bits per heavy atom. The molecule has 0 spiro atoms. The van der Waals surface area contributed by atoms with E-state index in [1.165, 1.54) is 0 Å². The van der Waals surface area contributed by atoms with Crippen molar-refractivity contribution >= 4 is 21.6 Å². The zero-order chi connectivity index (χ0) is 12.3. The van der Waals surface area contributed by atoms with E-state index in [0.717, 1.165) is 12.3 Å². The van der Waals surface area contributed by atoms with Crippen LogP contribution < -0.4 is 5.56 Å². The number of hydrogen-bond donors (Lipinski definition) is 3. The number of pyridine rings is 1. The van der Waals surface area contributed by atoms with Gasteiger partial charge in [0, 0.05) is 11.4 Å². The number of aromatic nitrogens is 1. The first kappa shape index (κ1) is 12.8. The van der Waals surface area contributed by atoms with Crippen LogP contribution in [-0.4, -0.2) is 31.6 Å². The second kappa shape index (κ2) is 5.19. The molecule has 88 valence electrons. The number of aliphatic hydroxyl groups excluding tert-OH is 2. The first-order valence-electron chi connectivity index (χ1n) is 4.26. The third-order valence-electron chi connectivity index (χ3n) is 1.97. The highest BCUT2D eigenvalue weighted by Crippen LogP contribution is 2.18. The fourth-order valence-corrected chi connectivity index (χ4v) is 1.46. The number of aliphatic hydroxyl groups is 2. The molecule has 0 saturated carbocycles. The number of halogens is 1. The number of nitrogens with one attached hydrogen (secondary N) is 1. The van der Waals surface area contributed by atoms with Crippen molar-refractivity contribution in [2.24, 2.45) is 0 Å². The fourth-order valence-electron chi connectivity index (χ4n) is 1.11. The average Bonchev–Trinajstić information content (AvgIpc) is 2.27. The van der Waals surface area contributed by atoms with E-state index in [0.29, 0.717) is 0 Å². The van der Waals surface area contributed by atoms with Gasteiger partial charge < -0.3 is 15.2 Å². The maximum Gasteiger partial charge on any atom is 0.285 e. The number of aromatic amines is 1. The van der Waals surface area contributed by atoms with Gasteiger partial charge in [-0.3, -0.25) is 14.9 Å². The molecule has 0 saturated heterocycles. The van der Waals surface area contributed by atoms with Gasteiger partial charge in [-0.05, 0) is 0 Å². The predicted octanol–water partition coefficient (Wildman–Crippen LogP) is 0.0723. The molecule has 1 rings (SSSR count). The van der Waals surface area contributed by atoms with E-state index in [9.17, 15) is 25.1 Å². The molecule has 2 atom stereocenters. The number of H-pyrrole nitrogens is 1. The topological polar surface area (TPSA) is 116 Å². The molecular formula is C8H9BrN2O5. The van der Waals surface area contributed by atoms with Gasteiger partial charge in [0.1, 0.15) is 6.10 Å². The third kappa shape index (κ3) is 2.65. The van der Waals surface area contributed by atoms with Crippen LogP contribution in [0, 0.1) is 10.1 Å². The number of nitrogens with zero attached hydrogens (tertiary/aromatic N) is 1. The Hall–Kier alpha value is -1.25. The molecule has 1 heterocycles. The summed E-state index contributed by atoms with van der Waals surface area (Å²) in [5.74, 6) is 0. The number of rotatable bonds is 4. The van der Waals surface area contributed by atoms with Gasteiger partial charge in [0.25, 0.3) is 11.2 Å². The molecule has 3 N–H and O–H groups in total. The number of hydrogen-bond acceptors (Lipinski definition) is 5. The van der Waals surface area contributed by atoms with Crippen molar-refractivity contribution in [3.63, 3.8) is 0 Å². The van der Waals surface area contributed by atoms with E-state index in [1.807, 2.05) is 0 Å².